The van der Waals surface area contributed by atoms with Gasteiger partial charge in [0.15, 0.2) is 0 Å². The molecule has 4 heteroatoms. The lowest BCUT2D eigenvalue weighted by Gasteiger charge is -1.98. The van der Waals surface area contributed by atoms with Gasteiger partial charge < -0.3 is 9.73 Å². The van der Waals surface area contributed by atoms with E-state index in [1.165, 1.54) is 6.42 Å². The molecule has 1 fully saturated rings. The Kier molecular flexibility index (Phi) is 2.73. The number of anilines is 1. The molecular formula is C17H14ClNO2. The molecule has 0 radical (unpaired) electrons. The first kappa shape index (κ1) is 12.7. The van der Waals surface area contributed by atoms with Gasteiger partial charge in [-0.25, -0.2) is 0 Å². The number of furan rings is 1. The van der Waals surface area contributed by atoms with Gasteiger partial charge in [-0.2, -0.15) is 0 Å². The van der Waals surface area contributed by atoms with Crippen LogP contribution in [0, 0.1) is 5.92 Å². The highest BCUT2D eigenvalue weighted by atomic mass is 35.5. The maximum Gasteiger partial charge on any atom is 0.256 e. The van der Waals surface area contributed by atoms with Gasteiger partial charge in [0, 0.05) is 22.2 Å². The maximum atomic E-state index is 12.1. The minimum absolute atomic E-state index is 0.120. The summed E-state index contributed by atoms with van der Waals surface area (Å²) < 4.78 is 5.84. The third kappa shape index (κ3) is 2.18. The summed E-state index contributed by atoms with van der Waals surface area (Å²) in [5, 5.41) is 3.45. The van der Waals surface area contributed by atoms with Crippen LogP contribution in [0.1, 0.15) is 36.3 Å². The molecule has 2 atom stereocenters. The lowest BCUT2D eigenvalue weighted by Crippen LogP contribution is -2.03. The monoisotopic (exact) mass is 299 g/mol. The Morgan fingerprint density at radius 3 is 2.90 bits per heavy atom. The molecule has 3 nitrogen and oxygen atoms in total. The van der Waals surface area contributed by atoms with Crippen LogP contribution >= 0.6 is 11.6 Å². The van der Waals surface area contributed by atoms with Crippen LogP contribution in [0.3, 0.4) is 0 Å². The fraction of sp³-hybridized carbons (Fsp3) is 0.235. The van der Waals surface area contributed by atoms with Gasteiger partial charge >= 0.3 is 0 Å². The molecule has 1 aromatic heterocycles. The van der Waals surface area contributed by atoms with E-state index in [9.17, 15) is 4.79 Å². The van der Waals surface area contributed by atoms with Crippen LogP contribution in [0.2, 0.25) is 5.02 Å². The molecule has 2 aliphatic rings. The predicted octanol–water partition coefficient (Wildman–Crippen LogP) is 4.55. The zero-order chi connectivity index (χ0) is 14.6. The van der Waals surface area contributed by atoms with Crippen LogP contribution in [-0.2, 0) is 4.79 Å². The first-order valence-electron chi connectivity index (χ1n) is 7.04. The Bertz CT molecular complexity index is 775. The van der Waals surface area contributed by atoms with Gasteiger partial charge in [0.25, 0.3) is 5.91 Å². The van der Waals surface area contributed by atoms with Crippen LogP contribution < -0.4 is 5.32 Å². The summed E-state index contributed by atoms with van der Waals surface area (Å²) in [7, 11) is 0. The molecule has 0 saturated heterocycles. The molecule has 2 heterocycles. The molecular weight excluding hydrogens is 286 g/mol. The second-order valence-electron chi connectivity index (χ2n) is 5.76. The van der Waals surface area contributed by atoms with E-state index in [1.807, 2.05) is 18.2 Å². The SMILES string of the molecule is C[C@@H]1C[C@@H]1c1ccc(/C=C2\C(=O)Nc3ccc(Cl)cc32)o1. The van der Waals surface area contributed by atoms with Crippen molar-refractivity contribution in [2.24, 2.45) is 5.92 Å². The van der Waals surface area contributed by atoms with Crippen molar-refractivity contribution in [3.63, 3.8) is 0 Å². The minimum Gasteiger partial charge on any atom is -0.461 e. The Balaban J connectivity index is 1.71. The molecule has 2 aromatic rings. The second-order valence-corrected chi connectivity index (χ2v) is 6.20. The lowest BCUT2D eigenvalue weighted by atomic mass is 10.1. The highest BCUT2D eigenvalue weighted by molar-refractivity contribution is 6.36. The molecule has 106 valence electrons. The van der Waals surface area contributed by atoms with Gasteiger partial charge in [0.1, 0.15) is 11.5 Å². The fourth-order valence-electron chi connectivity index (χ4n) is 2.81. The fourth-order valence-corrected chi connectivity index (χ4v) is 2.98. The molecule has 4 rings (SSSR count). The van der Waals surface area contributed by atoms with Gasteiger partial charge in [-0.05, 0) is 48.7 Å². The predicted molar refractivity (Wildman–Crippen MR) is 83.2 cm³/mol. The van der Waals surface area contributed by atoms with Crippen LogP contribution in [0.25, 0.3) is 11.6 Å². The highest BCUT2D eigenvalue weighted by Gasteiger charge is 2.36. The number of amides is 1. The molecule has 21 heavy (non-hydrogen) atoms. The van der Waals surface area contributed by atoms with Crippen LogP contribution in [0.4, 0.5) is 5.69 Å². The van der Waals surface area contributed by atoms with Crippen molar-refractivity contribution >= 4 is 34.8 Å². The van der Waals surface area contributed by atoms with E-state index < -0.39 is 0 Å². The molecule has 1 amide bonds. The summed E-state index contributed by atoms with van der Waals surface area (Å²) >= 11 is 6.02. The minimum atomic E-state index is -0.120. The molecule has 1 saturated carbocycles. The number of carbonyl (C=O) groups excluding carboxylic acids is 1. The summed E-state index contributed by atoms with van der Waals surface area (Å²) in [5.41, 5.74) is 2.21. The van der Waals surface area contributed by atoms with Crippen molar-refractivity contribution in [2.45, 2.75) is 19.3 Å². The van der Waals surface area contributed by atoms with Crippen molar-refractivity contribution in [3.05, 3.63) is 52.4 Å². The Morgan fingerprint density at radius 2 is 2.14 bits per heavy atom. The van der Waals surface area contributed by atoms with E-state index in [1.54, 1.807) is 18.2 Å². The zero-order valence-corrected chi connectivity index (χ0v) is 12.3. The van der Waals surface area contributed by atoms with E-state index in [0.29, 0.717) is 28.2 Å². The van der Waals surface area contributed by atoms with Crippen LogP contribution in [0.5, 0.6) is 0 Å². The van der Waals surface area contributed by atoms with E-state index in [-0.39, 0.29) is 5.91 Å². The standard InChI is InChI=1S/C17H14ClNO2/c1-9-6-12(9)16-5-3-11(21-16)8-14-13-7-10(18)2-4-15(13)19-17(14)20/h2-5,7-9,12H,6H2,1H3,(H,19,20)/b14-8-/t9-,12+/m1/s1. The third-order valence-electron chi connectivity index (χ3n) is 4.17. The van der Waals surface area contributed by atoms with Crippen molar-refractivity contribution < 1.29 is 9.21 Å². The lowest BCUT2D eigenvalue weighted by molar-refractivity contribution is -0.110. The van der Waals surface area contributed by atoms with Gasteiger partial charge in [0.2, 0.25) is 0 Å². The van der Waals surface area contributed by atoms with Gasteiger partial charge in [-0.15, -0.1) is 0 Å². The van der Waals surface area contributed by atoms with Crippen molar-refractivity contribution in [1.82, 2.24) is 0 Å². The van der Waals surface area contributed by atoms with E-state index >= 15 is 0 Å². The van der Waals surface area contributed by atoms with Crippen LogP contribution in [0.15, 0.2) is 34.7 Å². The smallest absolute Gasteiger partial charge is 0.256 e. The summed E-state index contributed by atoms with van der Waals surface area (Å²) in [6.07, 6.45) is 2.97. The van der Waals surface area contributed by atoms with Crippen molar-refractivity contribution in [2.75, 3.05) is 5.32 Å². The maximum absolute atomic E-state index is 12.1. The number of halogens is 1. The van der Waals surface area contributed by atoms with Gasteiger partial charge in [0.05, 0.1) is 5.57 Å². The first-order chi connectivity index (χ1) is 10.1. The summed E-state index contributed by atoms with van der Waals surface area (Å²) in [4.78, 5) is 12.1. The van der Waals surface area contributed by atoms with Gasteiger partial charge in [-0.1, -0.05) is 18.5 Å². The molecule has 1 aliphatic carbocycles. The average Bonchev–Trinajstić information content (AvgIpc) is 2.89. The summed E-state index contributed by atoms with van der Waals surface area (Å²) in [6, 6.07) is 9.31. The molecule has 0 spiro atoms. The van der Waals surface area contributed by atoms with E-state index in [2.05, 4.69) is 12.2 Å². The number of rotatable bonds is 2. The normalized spacial score (nSPS) is 25.0. The number of carbonyl (C=O) groups is 1. The third-order valence-corrected chi connectivity index (χ3v) is 4.41. The number of fused-ring (bicyclic) bond motifs is 1. The molecule has 1 N–H and O–H groups in total. The highest BCUT2D eigenvalue weighted by Crippen LogP contribution is 2.47. The van der Waals surface area contributed by atoms with Gasteiger partial charge in [-0.3, -0.25) is 4.79 Å². The Morgan fingerprint density at radius 1 is 1.33 bits per heavy atom. The molecule has 0 unspecified atom stereocenters. The Labute approximate surface area is 127 Å². The average molecular weight is 300 g/mol. The number of benzene rings is 1. The largest absolute Gasteiger partial charge is 0.461 e. The summed E-state index contributed by atoms with van der Waals surface area (Å²) in [6.45, 7) is 2.22. The number of hydrogen-bond donors (Lipinski definition) is 1. The van der Waals surface area contributed by atoms with E-state index in [0.717, 1.165) is 17.0 Å². The van der Waals surface area contributed by atoms with Crippen molar-refractivity contribution in [3.8, 4) is 0 Å². The molecule has 0 bridgehead atoms. The summed E-state index contributed by atoms with van der Waals surface area (Å²) in [5.74, 6) is 2.84. The van der Waals surface area contributed by atoms with Crippen molar-refractivity contribution in [1.29, 1.82) is 0 Å². The second kappa shape index (κ2) is 4.50. The molecule has 1 aliphatic heterocycles. The van der Waals surface area contributed by atoms with E-state index in [4.69, 9.17) is 16.0 Å². The Hall–Kier alpha value is -2.00. The number of hydrogen-bond acceptors (Lipinski definition) is 2. The zero-order valence-electron chi connectivity index (χ0n) is 11.5. The quantitative estimate of drug-likeness (QED) is 0.827. The topological polar surface area (TPSA) is 42.2 Å². The van der Waals surface area contributed by atoms with Crippen LogP contribution in [-0.4, -0.2) is 5.91 Å². The molecule has 1 aromatic carbocycles. The number of nitrogens with one attached hydrogen (secondary N) is 1. The first-order valence-corrected chi connectivity index (χ1v) is 7.42.